The highest BCUT2D eigenvalue weighted by atomic mass is 19.1. The van der Waals surface area contributed by atoms with Gasteiger partial charge in [-0.1, -0.05) is 24.3 Å². The molecule has 0 bridgehead atoms. The molecule has 5 heteroatoms. The smallest absolute Gasteiger partial charge is 0.126 e. The first-order valence-corrected chi connectivity index (χ1v) is 5.97. The summed E-state index contributed by atoms with van der Waals surface area (Å²) in [5, 5.41) is 11.3. The van der Waals surface area contributed by atoms with Crippen molar-refractivity contribution in [2.75, 3.05) is 6.54 Å². The number of halogens is 1. The van der Waals surface area contributed by atoms with Crippen LogP contribution in [0.3, 0.4) is 0 Å². The zero-order valence-corrected chi connectivity index (χ0v) is 10.8. The van der Waals surface area contributed by atoms with Crippen molar-refractivity contribution < 1.29 is 4.39 Å². The third-order valence-corrected chi connectivity index (χ3v) is 2.85. The maximum Gasteiger partial charge on any atom is 0.126 e. The molecule has 0 fully saturated rings. The van der Waals surface area contributed by atoms with Gasteiger partial charge >= 0.3 is 0 Å². The Kier molecular flexibility index (Phi) is 3.72. The first-order chi connectivity index (χ1) is 8.61. The number of aromatic nitrogens is 3. The van der Waals surface area contributed by atoms with Gasteiger partial charge in [0, 0.05) is 7.05 Å². The quantitative estimate of drug-likeness (QED) is 0.899. The number of rotatable bonds is 4. The van der Waals surface area contributed by atoms with E-state index < -0.39 is 0 Å². The third kappa shape index (κ3) is 2.56. The van der Waals surface area contributed by atoms with Crippen molar-refractivity contribution >= 4 is 0 Å². The molecule has 96 valence electrons. The van der Waals surface area contributed by atoms with Gasteiger partial charge in [0.25, 0.3) is 0 Å². The van der Waals surface area contributed by atoms with Gasteiger partial charge in [0.2, 0.25) is 0 Å². The Labute approximate surface area is 106 Å². The molecule has 1 unspecified atom stereocenters. The molecule has 0 aliphatic carbocycles. The zero-order valence-electron chi connectivity index (χ0n) is 10.8. The second-order valence-corrected chi connectivity index (χ2v) is 4.32. The van der Waals surface area contributed by atoms with Crippen LogP contribution >= 0.6 is 0 Å². The Morgan fingerprint density at radius 1 is 1.44 bits per heavy atom. The van der Waals surface area contributed by atoms with E-state index in [1.54, 1.807) is 23.7 Å². The van der Waals surface area contributed by atoms with Gasteiger partial charge < -0.3 is 5.32 Å². The molecule has 1 N–H and O–H groups in total. The highest BCUT2D eigenvalue weighted by molar-refractivity contribution is 5.30. The van der Waals surface area contributed by atoms with E-state index in [4.69, 9.17) is 0 Å². The van der Waals surface area contributed by atoms with E-state index in [-0.39, 0.29) is 11.9 Å². The maximum atomic E-state index is 13.6. The molecule has 1 heterocycles. The number of benzene rings is 1. The molecule has 0 radical (unpaired) electrons. The molecule has 0 saturated heterocycles. The lowest BCUT2D eigenvalue weighted by Crippen LogP contribution is -2.22. The average molecular weight is 248 g/mol. The van der Waals surface area contributed by atoms with Crippen LogP contribution < -0.4 is 5.32 Å². The lowest BCUT2D eigenvalue weighted by molar-refractivity contribution is 0.589. The van der Waals surface area contributed by atoms with Crippen LogP contribution in [0.5, 0.6) is 0 Å². The predicted octanol–water partition coefficient (Wildman–Crippen LogP) is 1.96. The van der Waals surface area contributed by atoms with Gasteiger partial charge in [-0.25, -0.2) is 4.39 Å². The van der Waals surface area contributed by atoms with Crippen molar-refractivity contribution in [3.63, 3.8) is 0 Å². The van der Waals surface area contributed by atoms with Crippen molar-refractivity contribution in [3.8, 4) is 0 Å². The predicted molar refractivity (Wildman–Crippen MR) is 67.7 cm³/mol. The van der Waals surface area contributed by atoms with Crippen LogP contribution in [-0.4, -0.2) is 21.5 Å². The van der Waals surface area contributed by atoms with Gasteiger partial charge in [0.1, 0.15) is 11.5 Å². The Morgan fingerprint density at radius 3 is 2.78 bits per heavy atom. The van der Waals surface area contributed by atoms with Gasteiger partial charge in [-0.2, -0.15) is 0 Å². The summed E-state index contributed by atoms with van der Waals surface area (Å²) in [6, 6.07) is 5.13. The number of hydrogen-bond acceptors (Lipinski definition) is 3. The number of nitrogens with one attached hydrogen (secondary N) is 1. The van der Waals surface area contributed by atoms with E-state index in [1.807, 2.05) is 26.2 Å². The summed E-state index contributed by atoms with van der Waals surface area (Å²) < 4.78 is 15.3. The molecular weight excluding hydrogens is 231 g/mol. The molecular formula is C13H17FN4. The normalized spacial score (nSPS) is 12.7. The van der Waals surface area contributed by atoms with Crippen molar-refractivity contribution in [2.45, 2.75) is 19.9 Å². The summed E-state index contributed by atoms with van der Waals surface area (Å²) in [4.78, 5) is 0. The molecule has 2 aromatic rings. The Bertz CT molecular complexity index is 536. The lowest BCUT2D eigenvalue weighted by atomic mass is 10.0. The minimum absolute atomic E-state index is 0.126. The van der Waals surface area contributed by atoms with Gasteiger partial charge in [0.05, 0.1) is 12.2 Å². The largest absolute Gasteiger partial charge is 0.305 e. The summed E-state index contributed by atoms with van der Waals surface area (Å²) in [7, 11) is 1.81. The fraction of sp³-hybridized carbons (Fsp3) is 0.385. The monoisotopic (exact) mass is 248 g/mol. The van der Waals surface area contributed by atoms with Crippen LogP contribution in [0.2, 0.25) is 0 Å². The Balaban J connectivity index is 2.37. The topological polar surface area (TPSA) is 42.7 Å². The number of nitrogens with zero attached hydrogens (tertiary/aromatic N) is 3. The van der Waals surface area contributed by atoms with Crippen molar-refractivity contribution in [1.29, 1.82) is 0 Å². The molecule has 1 atom stereocenters. The molecule has 18 heavy (non-hydrogen) atoms. The Hall–Kier alpha value is -1.75. The van der Waals surface area contributed by atoms with E-state index in [2.05, 4.69) is 15.6 Å². The molecule has 4 nitrogen and oxygen atoms in total. The van der Waals surface area contributed by atoms with Gasteiger partial charge in [-0.3, -0.25) is 4.68 Å². The van der Waals surface area contributed by atoms with Gasteiger partial charge in [0.15, 0.2) is 0 Å². The molecule has 0 saturated carbocycles. The van der Waals surface area contributed by atoms with Crippen molar-refractivity contribution in [3.05, 3.63) is 47.0 Å². The SMILES string of the molecule is CCNC(c1ccc(C)c(F)c1)c1cn(C)nn1. The van der Waals surface area contributed by atoms with Crippen LogP contribution in [0.25, 0.3) is 0 Å². The summed E-state index contributed by atoms with van der Waals surface area (Å²) in [6.07, 6.45) is 1.84. The average Bonchev–Trinajstić information content (AvgIpc) is 2.76. The second kappa shape index (κ2) is 5.27. The molecule has 0 aliphatic rings. The van der Waals surface area contributed by atoms with E-state index >= 15 is 0 Å². The van der Waals surface area contributed by atoms with Gasteiger partial charge in [-0.05, 0) is 30.7 Å². The summed E-state index contributed by atoms with van der Waals surface area (Å²) >= 11 is 0. The van der Waals surface area contributed by atoms with E-state index in [0.29, 0.717) is 5.56 Å². The highest BCUT2D eigenvalue weighted by Gasteiger charge is 2.17. The zero-order chi connectivity index (χ0) is 13.1. The molecule has 2 rings (SSSR count). The molecule has 0 aliphatic heterocycles. The van der Waals surface area contributed by atoms with Crippen LogP contribution in [0.1, 0.15) is 29.8 Å². The highest BCUT2D eigenvalue weighted by Crippen LogP contribution is 2.21. The minimum atomic E-state index is -0.195. The van der Waals surface area contributed by atoms with Crippen LogP contribution in [-0.2, 0) is 7.05 Å². The molecule has 0 amide bonds. The van der Waals surface area contributed by atoms with Crippen LogP contribution in [0.4, 0.5) is 4.39 Å². The second-order valence-electron chi connectivity index (χ2n) is 4.32. The molecule has 1 aromatic carbocycles. The minimum Gasteiger partial charge on any atom is -0.305 e. The maximum absolute atomic E-state index is 13.6. The fourth-order valence-electron chi connectivity index (χ4n) is 1.88. The standard InChI is InChI=1S/C13H17FN4/c1-4-15-13(12-8-18(3)17-16-12)10-6-5-9(2)11(14)7-10/h5-8,13,15H,4H2,1-3H3. The van der Waals surface area contributed by atoms with Gasteiger partial charge in [-0.15, -0.1) is 5.10 Å². The summed E-state index contributed by atoms with van der Waals surface area (Å²) in [5.41, 5.74) is 2.30. The third-order valence-electron chi connectivity index (χ3n) is 2.85. The van der Waals surface area contributed by atoms with Crippen molar-refractivity contribution in [1.82, 2.24) is 20.3 Å². The number of hydrogen-bond donors (Lipinski definition) is 1. The number of aryl methyl sites for hydroxylation is 2. The van der Waals surface area contributed by atoms with Crippen molar-refractivity contribution in [2.24, 2.45) is 7.05 Å². The summed E-state index contributed by atoms with van der Waals surface area (Å²) in [6.45, 7) is 4.54. The first kappa shape index (κ1) is 12.7. The first-order valence-electron chi connectivity index (χ1n) is 5.97. The van der Waals surface area contributed by atoms with Crippen LogP contribution in [0, 0.1) is 12.7 Å². The Morgan fingerprint density at radius 2 is 2.22 bits per heavy atom. The fourth-order valence-corrected chi connectivity index (χ4v) is 1.88. The van der Waals surface area contributed by atoms with Crippen LogP contribution in [0.15, 0.2) is 24.4 Å². The van der Waals surface area contributed by atoms with E-state index in [9.17, 15) is 4.39 Å². The molecule has 0 spiro atoms. The summed E-state index contributed by atoms with van der Waals surface area (Å²) in [5.74, 6) is -0.195. The lowest BCUT2D eigenvalue weighted by Gasteiger charge is -2.16. The molecule has 1 aromatic heterocycles. The van der Waals surface area contributed by atoms with E-state index in [0.717, 1.165) is 17.8 Å². The van der Waals surface area contributed by atoms with E-state index in [1.165, 1.54) is 0 Å².